The topological polar surface area (TPSA) is 64.2 Å². The monoisotopic (exact) mass is 347 g/mol. The molecule has 0 aliphatic rings. The molecule has 4 aromatic rings. The molecule has 0 fully saturated rings. The van der Waals surface area contributed by atoms with Crippen molar-refractivity contribution in [1.29, 1.82) is 0 Å². The van der Waals surface area contributed by atoms with Crippen LogP contribution in [0.3, 0.4) is 0 Å². The first-order chi connectivity index (χ1) is 12.6. The van der Waals surface area contributed by atoms with Crippen LogP contribution in [0.5, 0.6) is 0 Å². The smallest absolute Gasteiger partial charge is 0.251 e. The number of aromatic nitrogens is 4. The van der Waals surface area contributed by atoms with Crippen LogP contribution >= 0.6 is 0 Å². The zero-order valence-corrected chi connectivity index (χ0v) is 15.2. The molecule has 0 spiro atoms. The normalized spacial score (nSPS) is 11.3. The van der Waals surface area contributed by atoms with E-state index in [-0.39, 0.29) is 5.91 Å². The van der Waals surface area contributed by atoms with Gasteiger partial charge in [0.15, 0.2) is 5.65 Å². The highest BCUT2D eigenvalue weighted by Gasteiger charge is 2.12. The fourth-order valence-corrected chi connectivity index (χ4v) is 3.44. The number of carbonyl (C=O) groups excluding carboxylic acids is 1. The summed E-state index contributed by atoms with van der Waals surface area (Å²) in [6.07, 6.45) is 0. The molecule has 6 heteroatoms. The Balaban J connectivity index is 1.77. The van der Waals surface area contributed by atoms with Crippen LogP contribution in [0.2, 0.25) is 0 Å². The Labute approximate surface area is 151 Å². The van der Waals surface area contributed by atoms with Gasteiger partial charge in [0, 0.05) is 24.3 Å². The lowest BCUT2D eigenvalue weighted by Gasteiger charge is -2.10. The Morgan fingerprint density at radius 3 is 2.73 bits per heavy atom. The quantitative estimate of drug-likeness (QED) is 0.617. The third-order valence-corrected chi connectivity index (χ3v) is 4.67. The number of pyridine rings is 1. The maximum atomic E-state index is 12.1. The number of rotatable bonds is 4. The van der Waals surface area contributed by atoms with Crippen molar-refractivity contribution in [3.8, 4) is 0 Å². The molecule has 0 aliphatic heterocycles. The summed E-state index contributed by atoms with van der Waals surface area (Å²) in [5.74, 6) is 0.839. The van der Waals surface area contributed by atoms with Gasteiger partial charge in [-0.1, -0.05) is 12.1 Å². The first-order valence-electron chi connectivity index (χ1n) is 8.76. The number of amides is 1. The summed E-state index contributed by atoms with van der Waals surface area (Å²) < 4.78 is 4.33. The first-order valence-corrected chi connectivity index (χ1v) is 8.76. The van der Waals surface area contributed by atoms with Crippen molar-refractivity contribution in [3.63, 3.8) is 0 Å². The predicted octanol–water partition coefficient (Wildman–Crippen LogP) is 3.10. The summed E-state index contributed by atoms with van der Waals surface area (Å²) in [7, 11) is 0. The lowest BCUT2D eigenvalue weighted by Crippen LogP contribution is -2.22. The van der Waals surface area contributed by atoms with Gasteiger partial charge >= 0.3 is 0 Å². The molecule has 0 saturated heterocycles. The Kier molecular flexibility index (Phi) is 3.95. The average molecular weight is 347 g/mol. The molecule has 132 valence electrons. The molecule has 0 unspecified atom stereocenters. The minimum absolute atomic E-state index is 0.0368. The minimum Gasteiger partial charge on any atom is -0.352 e. The second-order valence-electron chi connectivity index (χ2n) is 6.48. The summed E-state index contributed by atoms with van der Waals surface area (Å²) in [6, 6.07) is 14.0. The van der Waals surface area contributed by atoms with Gasteiger partial charge in [-0.05, 0) is 56.7 Å². The SMILES string of the molecule is CCNC(=O)c1cccc(Cn2c(C)cc3c2ccc2nnc(C)n23)c1. The molecule has 1 amide bonds. The molecule has 0 atom stereocenters. The third kappa shape index (κ3) is 2.63. The standard InChI is InChI=1S/C20H21N5O/c1-4-21-20(26)16-7-5-6-15(11-16)12-24-13(2)10-18-17(24)8-9-19-23-22-14(3)25(18)19/h5-11H,4,12H2,1-3H3,(H,21,26). The van der Waals surface area contributed by atoms with E-state index in [0.717, 1.165) is 33.8 Å². The molecule has 1 aromatic carbocycles. The Bertz CT molecular complexity index is 1120. The summed E-state index contributed by atoms with van der Waals surface area (Å²) in [6.45, 7) is 7.31. The lowest BCUT2D eigenvalue weighted by molar-refractivity contribution is 0.0955. The number of nitrogens with one attached hydrogen (secondary N) is 1. The molecular weight excluding hydrogens is 326 g/mol. The zero-order chi connectivity index (χ0) is 18.3. The summed E-state index contributed by atoms with van der Waals surface area (Å²) >= 11 is 0. The van der Waals surface area contributed by atoms with E-state index in [1.165, 1.54) is 0 Å². The van der Waals surface area contributed by atoms with E-state index >= 15 is 0 Å². The van der Waals surface area contributed by atoms with Crippen LogP contribution in [0.25, 0.3) is 16.7 Å². The summed E-state index contributed by atoms with van der Waals surface area (Å²) in [4.78, 5) is 12.1. The minimum atomic E-state index is -0.0368. The highest BCUT2D eigenvalue weighted by Crippen LogP contribution is 2.23. The van der Waals surface area contributed by atoms with Gasteiger partial charge in [0.2, 0.25) is 0 Å². The van der Waals surface area contributed by atoms with Crippen LogP contribution in [0.4, 0.5) is 0 Å². The van der Waals surface area contributed by atoms with E-state index < -0.39 is 0 Å². The van der Waals surface area contributed by atoms with Gasteiger partial charge in [-0.25, -0.2) is 0 Å². The van der Waals surface area contributed by atoms with Crippen molar-refractivity contribution in [3.05, 3.63) is 65.1 Å². The second-order valence-corrected chi connectivity index (χ2v) is 6.48. The first kappa shape index (κ1) is 16.3. The molecular formula is C20H21N5O. The van der Waals surface area contributed by atoms with Gasteiger partial charge < -0.3 is 9.88 Å². The van der Waals surface area contributed by atoms with Gasteiger partial charge in [0.05, 0.1) is 11.0 Å². The van der Waals surface area contributed by atoms with Crippen LogP contribution in [0, 0.1) is 13.8 Å². The zero-order valence-electron chi connectivity index (χ0n) is 15.2. The molecule has 26 heavy (non-hydrogen) atoms. The molecule has 6 nitrogen and oxygen atoms in total. The number of nitrogens with zero attached hydrogens (tertiary/aromatic N) is 4. The highest BCUT2D eigenvalue weighted by molar-refractivity contribution is 5.94. The number of hydrogen-bond donors (Lipinski definition) is 1. The van der Waals surface area contributed by atoms with E-state index in [2.05, 4.69) is 49.6 Å². The third-order valence-electron chi connectivity index (χ3n) is 4.67. The van der Waals surface area contributed by atoms with Gasteiger partial charge in [-0.15, -0.1) is 10.2 Å². The summed E-state index contributed by atoms with van der Waals surface area (Å²) in [5, 5.41) is 11.2. The van der Waals surface area contributed by atoms with E-state index in [0.29, 0.717) is 18.7 Å². The van der Waals surface area contributed by atoms with Crippen molar-refractivity contribution >= 4 is 22.6 Å². The van der Waals surface area contributed by atoms with Crippen molar-refractivity contribution in [2.75, 3.05) is 6.54 Å². The van der Waals surface area contributed by atoms with Gasteiger partial charge in [-0.2, -0.15) is 0 Å². The molecule has 1 N–H and O–H groups in total. The Morgan fingerprint density at radius 1 is 1.08 bits per heavy atom. The molecule has 3 heterocycles. The van der Waals surface area contributed by atoms with E-state index in [1.54, 1.807) is 0 Å². The number of fused-ring (bicyclic) bond motifs is 3. The summed E-state index contributed by atoms with van der Waals surface area (Å²) in [5.41, 5.74) is 6.02. The van der Waals surface area contributed by atoms with Gasteiger partial charge in [0.1, 0.15) is 5.82 Å². The van der Waals surface area contributed by atoms with Crippen molar-refractivity contribution in [2.24, 2.45) is 0 Å². The predicted molar refractivity (Wildman–Crippen MR) is 102 cm³/mol. The number of carbonyl (C=O) groups is 1. The number of aryl methyl sites for hydroxylation is 2. The van der Waals surface area contributed by atoms with Crippen molar-refractivity contribution < 1.29 is 4.79 Å². The Morgan fingerprint density at radius 2 is 1.92 bits per heavy atom. The van der Waals surface area contributed by atoms with Crippen molar-refractivity contribution in [1.82, 2.24) is 24.5 Å². The van der Waals surface area contributed by atoms with Crippen LogP contribution in [-0.2, 0) is 6.54 Å². The fraction of sp³-hybridized carbons (Fsp3) is 0.250. The average Bonchev–Trinajstić information content (AvgIpc) is 3.16. The van der Waals surface area contributed by atoms with E-state index in [9.17, 15) is 4.79 Å². The largest absolute Gasteiger partial charge is 0.352 e. The molecule has 0 aliphatic carbocycles. The molecule has 0 saturated carbocycles. The molecule has 0 bridgehead atoms. The molecule has 4 rings (SSSR count). The van der Waals surface area contributed by atoms with Crippen molar-refractivity contribution in [2.45, 2.75) is 27.3 Å². The van der Waals surface area contributed by atoms with Crippen LogP contribution in [-0.4, -0.2) is 31.6 Å². The van der Waals surface area contributed by atoms with E-state index in [4.69, 9.17) is 0 Å². The highest BCUT2D eigenvalue weighted by atomic mass is 16.1. The van der Waals surface area contributed by atoms with Crippen LogP contribution in [0.15, 0.2) is 42.5 Å². The molecule has 3 aromatic heterocycles. The van der Waals surface area contributed by atoms with Crippen LogP contribution in [0.1, 0.15) is 34.4 Å². The number of benzene rings is 1. The number of hydrogen-bond acceptors (Lipinski definition) is 3. The Hall–Kier alpha value is -3.15. The maximum Gasteiger partial charge on any atom is 0.251 e. The van der Waals surface area contributed by atoms with Crippen LogP contribution < -0.4 is 5.32 Å². The lowest BCUT2D eigenvalue weighted by atomic mass is 10.1. The van der Waals surface area contributed by atoms with Gasteiger partial charge in [-0.3, -0.25) is 9.20 Å². The van der Waals surface area contributed by atoms with E-state index in [1.807, 2.05) is 38.1 Å². The molecule has 0 radical (unpaired) electrons. The fourth-order valence-electron chi connectivity index (χ4n) is 3.44. The maximum absolute atomic E-state index is 12.1. The second kappa shape index (κ2) is 6.29. The van der Waals surface area contributed by atoms with Gasteiger partial charge in [0.25, 0.3) is 5.91 Å².